The van der Waals surface area contributed by atoms with Crippen molar-refractivity contribution >= 4 is 16.9 Å². The highest BCUT2D eigenvalue weighted by atomic mass is 32.2. The molecule has 2 aromatic rings. The summed E-state index contributed by atoms with van der Waals surface area (Å²) < 4.78 is 5.30. The Kier molecular flexibility index (Phi) is 4.86. The molecule has 126 valence electrons. The van der Waals surface area contributed by atoms with E-state index >= 15 is 0 Å². The summed E-state index contributed by atoms with van der Waals surface area (Å²) in [5.74, 6) is 2.07. The number of aryl methyl sites for hydroxylation is 1. The van der Waals surface area contributed by atoms with E-state index in [1.165, 1.54) is 16.7 Å². The van der Waals surface area contributed by atoms with E-state index in [4.69, 9.17) is 15.5 Å². The van der Waals surface area contributed by atoms with E-state index < -0.39 is 0 Å². The first kappa shape index (κ1) is 16.9. The molecule has 0 aromatic heterocycles. The van der Waals surface area contributed by atoms with Gasteiger partial charge in [-0.2, -0.15) is 0 Å². The van der Waals surface area contributed by atoms with Gasteiger partial charge in [0, 0.05) is 11.7 Å². The van der Waals surface area contributed by atoms with Gasteiger partial charge in [0.25, 0.3) is 0 Å². The van der Waals surface area contributed by atoms with Gasteiger partial charge in [-0.3, -0.25) is 4.99 Å². The number of thioether (sulfide) groups is 1. The van der Waals surface area contributed by atoms with Crippen molar-refractivity contribution in [3.8, 4) is 5.75 Å². The number of methoxy groups -OCH3 is 1. The van der Waals surface area contributed by atoms with Crippen molar-refractivity contribution in [3.63, 3.8) is 0 Å². The predicted octanol–water partition coefficient (Wildman–Crippen LogP) is 4.15. The first-order chi connectivity index (χ1) is 11.5. The lowest BCUT2D eigenvalue weighted by atomic mass is 9.78. The summed E-state index contributed by atoms with van der Waals surface area (Å²) in [4.78, 5) is 4.78. The van der Waals surface area contributed by atoms with Crippen LogP contribution in [0.1, 0.15) is 29.5 Å². The van der Waals surface area contributed by atoms with Crippen molar-refractivity contribution in [2.24, 2.45) is 10.7 Å². The van der Waals surface area contributed by atoms with Gasteiger partial charge in [-0.1, -0.05) is 53.7 Å². The third-order valence-electron chi connectivity index (χ3n) is 4.71. The number of ether oxygens (including phenoxy) is 1. The molecule has 2 N–H and O–H groups in total. The van der Waals surface area contributed by atoms with Gasteiger partial charge in [-0.05, 0) is 43.5 Å². The van der Waals surface area contributed by atoms with Gasteiger partial charge in [0.1, 0.15) is 5.75 Å². The van der Waals surface area contributed by atoms with Crippen molar-refractivity contribution < 1.29 is 4.74 Å². The van der Waals surface area contributed by atoms with Crippen molar-refractivity contribution in [3.05, 3.63) is 65.2 Å². The fourth-order valence-electron chi connectivity index (χ4n) is 3.21. The first-order valence-electron chi connectivity index (χ1n) is 8.18. The Hall–Kier alpha value is -1.94. The quantitative estimate of drug-likeness (QED) is 0.889. The summed E-state index contributed by atoms with van der Waals surface area (Å²) in [7, 11) is 1.69. The third kappa shape index (κ3) is 3.59. The smallest absolute Gasteiger partial charge is 0.154 e. The van der Waals surface area contributed by atoms with Crippen LogP contribution in [0, 0.1) is 6.92 Å². The normalized spacial score (nSPS) is 21.4. The number of nitrogens with two attached hydrogens (primary N) is 1. The maximum absolute atomic E-state index is 5.98. The minimum atomic E-state index is -0.186. The minimum absolute atomic E-state index is 0.186. The second kappa shape index (κ2) is 6.89. The monoisotopic (exact) mass is 340 g/mol. The third-order valence-corrected chi connectivity index (χ3v) is 5.82. The Bertz CT molecular complexity index is 724. The summed E-state index contributed by atoms with van der Waals surface area (Å²) in [5.41, 5.74) is 9.68. The highest BCUT2D eigenvalue weighted by Gasteiger charge is 2.39. The molecule has 1 heterocycles. The molecule has 1 aliphatic heterocycles. The number of nitrogens with zero attached hydrogens (tertiary/aromatic N) is 1. The van der Waals surface area contributed by atoms with E-state index in [0.29, 0.717) is 5.17 Å². The summed E-state index contributed by atoms with van der Waals surface area (Å²) in [6.45, 7) is 4.33. The molecule has 1 aliphatic rings. The van der Waals surface area contributed by atoms with Crippen LogP contribution in [-0.4, -0.2) is 23.6 Å². The Labute approximate surface area is 148 Å². The largest absolute Gasteiger partial charge is 0.497 e. The molecule has 0 bridgehead atoms. The molecule has 2 unspecified atom stereocenters. The summed E-state index contributed by atoms with van der Waals surface area (Å²) >= 11 is 1.65. The lowest BCUT2D eigenvalue weighted by Crippen LogP contribution is -2.33. The van der Waals surface area contributed by atoms with E-state index in [9.17, 15) is 0 Å². The lowest BCUT2D eigenvalue weighted by Gasteiger charge is -2.31. The van der Waals surface area contributed by atoms with Gasteiger partial charge in [-0.25, -0.2) is 0 Å². The van der Waals surface area contributed by atoms with Gasteiger partial charge in [0.2, 0.25) is 0 Å². The molecule has 0 saturated heterocycles. The minimum Gasteiger partial charge on any atom is -0.497 e. The van der Waals surface area contributed by atoms with Crippen LogP contribution in [0.25, 0.3) is 0 Å². The molecule has 2 atom stereocenters. The second-order valence-corrected chi connectivity index (χ2v) is 7.61. The van der Waals surface area contributed by atoms with Gasteiger partial charge in [-0.15, -0.1) is 0 Å². The zero-order chi connectivity index (χ0) is 17.2. The van der Waals surface area contributed by atoms with Crippen LogP contribution in [0.5, 0.6) is 5.75 Å². The van der Waals surface area contributed by atoms with E-state index in [0.717, 1.165) is 17.9 Å². The van der Waals surface area contributed by atoms with Crippen LogP contribution in [-0.2, 0) is 6.42 Å². The number of benzene rings is 2. The molecular weight excluding hydrogens is 316 g/mol. The Balaban J connectivity index is 1.95. The van der Waals surface area contributed by atoms with Crippen LogP contribution >= 0.6 is 11.8 Å². The topological polar surface area (TPSA) is 47.6 Å². The van der Waals surface area contributed by atoms with E-state index in [-0.39, 0.29) is 11.5 Å². The number of aliphatic imine (C=N–C) groups is 1. The zero-order valence-corrected chi connectivity index (χ0v) is 15.3. The number of hydrogen-bond acceptors (Lipinski definition) is 4. The standard InChI is InChI=1S/C20H24N2OS/c1-14-4-6-15(7-5-14)12-18(20(2)13-24-19(21)22-20)16-8-10-17(23-3)11-9-16/h4-11,18H,12-13H2,1-3H3,(H2,21,22). The maximum atomic E-state index is 5.98. The summed E-state index contributed by atoms with van der Waals surface area (Å²) in [6, 6.07) is 17.1. The lowest BCUT2D eigenvalue weighted by molar-refractivity contribution is 0.410. The van der Waals surface area contributed by atoms with E-state index in [1.54, 1.807) is 18.9 Å². The SMILES string of the molecule is COc1ccc(C(Cc2ccc(C)cc2)C2(C)CSC(N)=N2)cc1. The van der Waals surface area contributed by atoms with Gasteiger partial charge >= 0.3 is 0 Å². The summed E-state index contributed by atoms with van der Waals surface area (Å²) in [5, 5.41) is 0.694. The average molecular weight is 340 g/mol. The van der Waals surface area contributed by atoms with Crippen LogP contribution in [0.2, 0.25) is 0 Å². The number of amidine groups is 1. The molecule has 24 heavy (non-hydrogen) atoms. The Morgan fingerprint density at radius 2 is 1.83 bits per heavy atom. The summed E-state index contributed by atoms with van der Waals surface area (Å²) in [6.07, 6.45) is 0.945. The molecule has 3 nitrogen and oxygen atoms in total. The van der Waals surface area contributed by atoms with Gasteiger partial charge in [0.15, 0.2) is 5.17 Å². The number of hydrogen-bond donors (Lipinski definition) is 1. The van der Waals surface area contributed by atoms with Crippen molar-refractivity contribution in [1.29, 1.82) is 0 Å². The first-order valence-corrected chi connectivity index (χ1v) is 9.16. The molecular formula is C20H24N2OS. The van der Waals surface area contributed by atoms with Crippen molar-refractivity contribution in [2.75, 3.05) is 12.9 Å². The molecule has 0 fully saturated rings. The van der Waals surface area contributed by atoms with Crippen LogP contribution in [0.4, 0.5) is 0 Å². The maximum Gasteiger partial charge on any atom is 0.154 e. The molecule has 0 aliphatic carbocycles. The zero-order valence-electron chi connectivity index (χ0n) is 14.5. The van der Waals surface area contributed by atoms with E-state index in [1.807, 2.05) is 12.1 Å². The molecule has 0 radical (unpaired) electrons. The van der Waals surface area contributed by atoms with E-state index in [2.05, 4.69) is 50.2 Å². The van der Waals surface area contributed by atoms with Gasteiger partial charge in [0.05, 0.1) is 12.6 Å². The van der Waals surface area contributed by atoms with Crippen LogP contribution in [0.3, 0.4) is 0 Å². The van der Waals surface area contributed by atoms with Crippen molar-refractivity contribution in [2.45, 2.75) is 31.7 Å². The fourth-order valence-corrected chi connectivity index (χ4v) is 4.19. The second-order valence-electron chi connectivity index (χ2n) is 6.61. The fraction of sp³-hybridized carbons (Fsp3) is 0.350. The highest BCUT2D eigenvalue weighted by Crippen LogP contribution is 2.41. The van der Waals surface area contributed by atoms with Crippen LogP contribution < -0.4 is 10.5 Å². The highest BCUT2D eigenvalue weighted by molar-refractivity contribution is 8.14. The van der Waals surface area contributed by atoms with Crippen LogP contribution in [0.15, 0.2) is 53.5 Å². The van der Waals surface area contributed by atoms with Crippen molar-refractivity contribution in [1.82, 2.24) is 0 Å². The Morgan fingerprint density at radius 1 is 1.17 bits per heavy atom. The molecule has 2 aromatic carbocycles. The molecule has 3 rings (SSSR count). The Morgan fingerprint density at radius 3 is 2.38 bits per heavy atom. The molecule has 0 saturated carbocycles. The van der Waals surface area contributed by atoms with Gasteiger partial charge < -0.3 is 10.5 Å². The predicted molar refractivity (Wildman–Crippen MR) is 103 cm³/mol. The molecule has 4 heteroatoms. The molecule has 0 amide bonds. The number of rotatable bonds is 5. The molecule has 0 spiro atoms. The average Bonchev–Trinajstić information content (AvgIpc) is 2.94.